The lowest BCUT2D eigenvalue weighted by atomic mass is 9.92. The molecule has 6 heteroatoms. The van der Waals surface area contributed by atoms with E-state index in [0.29, 0.717) is 11.4 Å². The summed E-state index contributed by atoms with van der Waals surface area (Å²) in [5.41, 5.74) is 2.98. The molecule has 3 aromatic rings. The predicted octanol–water partition coefficient (Wildman–Crippen LogP) is 5.50. The van der Waals surface area contributed by atoms with Gasteiger partial charge in [0.1, 0.15) is 11.1 Å². The van der Waals surface area contributed by atoms with Gasteiger partial charge in [-0.25, -0.2) is 0 Å². The van der Waals surface area contributed by atoms with E-state index in [-0.39, 0.29) is 17.7 Å². The van der Waals surface area contributed by atoms with Gasteiger partial charge in [0.2, 0.25) is 5.91 Å². The molecule has 2 unspecified atom stereocenters. The fourth-order valence-electron chi connectivity index (χ4n) is 3.06. The van der Waals surface area contributed by atoms with Crippen molar-refractivity contribution in [3.05, 3.63) is 84.4 Å². The van der Waals surface area contributed by atoms with E-state index in [2.05, 4.69) is 10.2 Å². The molecular weight excluding hydrogens is 362 g/mol. The maximum atomic E-state index is 12.3. The Morgan fingerprint density at radius 3 is 2.26 bits per heavy atom. The molecule has 0 aromatic heterocycles. The number of azo groups is 1. The monoisotopic (exact) mass is 377 g/mol. The summed E-state index contributed by atoms with van der Waals surface area (Å²) in [6.45, 7) is 0. The molecule has 1 heterocycles. The summed E-state index contributed by atoms with van der Waals surface area (Å²) in [6, 6.07) is 23.4. The molecule has 3 aromatic carbocycles. The molecule has 2 atom stereocenters. The van der Waals surface area contributed by atoms with Gasteiger partial charge in [0.15, 0.2) is 0 Å². The molecule has 1 aliphatic rings. The summed E-state index contributed by atoms with van der Waals surface area (Å²) in [6.07, 6.45) is 0. The summed E-state index contributed by atoms with van der Waals surface area (Å²) in [7, 11) is 0. The van der Waals surface area contributed by atoms with Crippen molar-refractivity contribution in [2.75, 3.05) is 4.90 Å². The molecule has 27 heavy (non-hydrogen) atoms. The molecular formula is C21H16ClN3O2. The summed E-state index contributed by atoms with van der Waals surface area (Å²) in [4.78, 5) is 14.0. The average molecular weight is 378 g/mol. The van der Waals surface area contributed by atoms with Crippen molar-refractivity contribution in [1.29, 1.82) is 0 Å². The van der Waals surface area contributed by atoms with Gasteiger partial charge < -0.3 is 10.0 Å². The topological polar surface area (TPSA) is 65.3 Å². The number of phenolic OH excluding ortho intramolecular Hbond substituents is 1. The number of nitrogens with zero attached hydrogens (tertiary/aromatic N) is 3. The first-order valence-corrected chi connectivity index (χ1v) is 8.90. The number of anilines is 1. The van der Waals surface area contributed by atoms with Crippen LogP contribution < -0.4 is 4.90 Å². The first kappa shape index (κ1) is 17.2. The van der Waals surface area contributed by atoms with Gasteiger partial charge in [0, 0.05) is 11.8 Å². The summed E-state index contributed by atoms with van der Waals surface area (Å²) < 4.78 is 0. The van der Waals surface area contributed by atoms with Crippen molar-refractivity contribution in [1.82, 2.24) is 0 Å². The number of benzene rings is 3. The van der Waals surface area contributed by atoms with Crippen molar-refractivity contribution in [2.45, 2.75) is 11.4 Å². The minimum absolute atomic E-state index is 0.111. The second-order valence-electron chi connectivity index (χ2n) is 6.20. The number of hydrogen-bond donors (Lipinski definition) is 1. The standard InChI is InChI=1S/C21H16ClN3O2/c22-19-20(14-5-2-1-3-6-14)25(21(19)27)17-11-9-15(10-12-17)23-24-16-7-4-8-18(26)13-16/h1-13,19-20,26H. The van der Waals surface area contributed by atoms with E-state index in [1.807, 2.05) is 42.5 Å². The lowest BCUT2D eigenvalue weighted by Crippen LogP contribution is -2.56. The van der Waals surface area contributed by atoms with Gasteiger partial charge in [-0.3, -0.25) is 4.79 Å². The molecule has 1 fully saturated rings. The molecule has 1 amide bonds. The number of carbonyl (C=O) groups is 1. The summed E-state index contributed by atoms with van der Waals surface area (Å²) >= 11 is 6.26. The molecule has 134 valence electrons. The zero-order valence-electron chi connectivity index (χ0n) is 14.2. The van der Waals surface area contributed by atoms with E-state index >= 15 is 0 Å². The molecule has 0 bridgehead atoms. The quantitative estimate of drug-likeness (QED) is 0.370. The normalized spacial score (nSPS) is 19.3. The number of phenols is 1. The van der Waals surface area contributed by atoms with Crippen LogP contribution in [0, 0.1) is 0 Å². The molecule has 5 nitrogen and oxygen atoms in total. The number of amides is 1. The van der Waals surface area contributed by atoms with E-state index < -0.39 is 5.38 Å². The number of carbonyl (C=O) groups excluding carboxylic acids is 1. The van der Waals surface area contributed by atoms with Crippen LogP contribution >= 0.6 is 11.6 Å². The van der Waals surface area contributed by atoms with Crippen LogP contribution in [0.4, 0.5) is 17.1 Å². The molecule has 0 radical (unpaired) electrons. The zero-order chi connectivity index (χ0) is 18.8. The second-order valence-corrected chi connectivity index (χ2v) is 6.67. The maximum absolute atomic E-state index is 12.3. The number of halogens is 1. The average Bonchev–Trinajstić information content (AvgIpc) is 2.71. The molecule has 0 aliphatic carbocycles. The Bertz CT molecular complexity index is 990. The van der Waals surface area contributed by atoms with E-state index in [1.54, 1.807) is 35.2 Å². The minimum atomic E-state index is -0.558. The van der Waals surface area contributed by atoms with Crippen molar-refractivity contribution < 1.29 is 9.90 Å². The molecule has 1 aliphatic heterocycles. The highest BCUT2D eigenvalue weighted by Crippen LogP contribution is 2.42. The van der Waals surface area contributed by atoms with Crippen LogP contribution in [0.3, 0.4) is 0 Å². The molecule has 0 saturated carbocycles. The Labute approximate surface area is 161 Å². The van der Waals surface area contributed by atoms with E-state index in [1.165, 1.54) is 6.07 Å². The summed E-state index contributed by atoms with van der Waals surface area (Å²) in [5, 5.41) is 17.2. The Morgan fingerprint density at radius 2 is 1.56 bits per heavy atom. The number of aromatic hydroxyl groups is 1. The summed E-state index contributed by atoms with van der Waals surface area (Å²) in [5.74, 6) is 0.0281. The Morgan fingerprint density at radius 1 is 0.852 bits per heavy atom. The first-order valence-electron chi connectivity index (χ1n) is 8.46. The van der Waals surface area contributed by atoms with Gasteiger partial charge in [0.25, 0.3) is 0 Å². The van der Waals surface area contributed by atoms with E-state index in [9.17, 15) is 9.90 Å². The number of rotatable bonds is 4. The van der Waals surface area contributed by atoms with Gasteiger partial charge >= 0.3 is 0 Å². The highest BCUT2D eigenvalue weighted by Gasteiger charge is 2.47. The van der Waals surface area contributed by atoms with Crippen LogP contribution in [0.1, 0.15) is 11.6 Å². The lowest BCUT2D eigenvalue weighted by Gasteiger charge is -2.44. The van der Waals surface area contributed by atoms with Gasteiger partial charge in [-0.15, -0.1) is 11.6 Å². The van der Waals surface area contributed by atoms with Gasteiger partial charge in [-0.2, -0.15) is 10.2 Å². The number of β-lactam (4-membered cyclic amide) rings is 1. The fourth-order valence-corrected chi connectivity index (χ4v) is 3.42. The van der Waals surface area contributed by atoms with Crippen LogP contribution in [-0.4, -0.2) is 16.4 Å². The third-order valence-electron chi connectivity index (χ3n) is 4.41. The highest BCUT2D eigenvalue weighted by molar-refractivity contribution is 6.37. The molecule has 1 saturated heterocycles. The van der Waals surface area contributed by atoms with Gasteiger partial charge in [-0.1, -0.05) is 36.4 Å². The van der Waals surface area contributed by atoms with Crippen molar-refractivity contribution in [2.24, 2.45) is 10.2 Å². The van der Waals surface area contributed by atoms with Crippen LogP contribution in [0.25, 0.3) is 0 Å². The van der Waals surface area contributed by atoms with Crippen LogP contribution in [0.5, 0.6) is 5.75 Å². The number of alkyl halides is 1. The van der Waals surface area contributed by atoms with Crippen LogP contribution in [0.15, 0.2) is 89.1 Å². The Kier molecular flexibility index (Phi) is 4.60. The fraction of sp³-hybridized carbons (Fsp3) is 0.0952. The molecule has 1 N–H and O–H groups in total. The van der Waals surface area contributed by atoms with Gasteiger partial charge in [0.05, 0.1) is 17.4 Å². The SMILES string of the molecule is O=C1C(Cl)C(c2ccccc2)N1c1ccc(N=Nc2cccc(O)c2)cc1. The highest BCUT2D eigenvalue weighted by atomic mass is 35.5. The van der Waals surface area contributed by atoms with Crippen molar-refractivity contribution >= 4 is 34.6 Å². The van der Waals surface area contributed by atoms with Crippen LogP contribution in [0.2, 0.25) is 0 Å². The third kappa shape index (κ3) is 3.41. The molecule has 4 rings (SSSR count). The first-order chi connectivity index (χ1) is 13.1. The smallest absolute Gasteiger partial charge is 0.248 e. The van der Waals surface area contributed by atoms with E-state index in [0.717, 1.165) is 11.3 Å². The molecule has 0 spiro atoms. The van der Waals surface area contributed by atoms with Crippen LogP contribution in [-0.2, 0) is 4.79 Å². The predicted molar refractivity (Wildman–Crippen MR) is 105 cm³/mol. The van der Waals surface area contributed by atoms with Crippen molar-refractivity contribution in [3.8, 4) is 5.75 Å². The lowest BCUT2D eigenvalue weighted by molar-refractivity contribution is -0.123. The maximum Gasteiger partial charge on any atom is 0.248 e. The second kappa shape index (κ2) is 7.21. The Balaban J connectivity index is 1.54. The van der Waals surface area contributed by atoms with Gasteiger partial charge in [-0.05, 0) is 42.0 Å². The van der Waals surface area contributed by atoms with Crippen molar-refractivity contribution in [3.63, 3.8) is 0 Å². The van der Waals surface area contributed by atoms with E-state index in [4.69, 9.17) is 11.6 Å². The zero-order valence-corrected chi connectivity index (χ0v) is 15.0. The largest absolute Gasteiger partial charge is 0.508 e. The minimum Gasteiger partial charge on any atom is -0.508 e. The Hall–Kier alpha value is -3.18. The number of hydrogen-bond acceptors (Lipinski definition) is 4. The third-order valence-corrected chi connectivity index (χ3v) is 4.83.